The molecule has 5 heteroatoms. The van der Waals surface area contributed by atoms with Gasteiger partial charge in [-0.05, 0) is 43.0 Å². The van der Waals surface area contributed by atoms with E-state index in [0.717, 1.165) is 19.5 Å². The molecule has 2 aromatic rings. The van der Waals surface area contributed by atoms with Crippen LogP contribution in [0.2, 0.25) is 0 Å². The third-order valence-corrected chi connectivity index (χ3v) is 5.77. The molecule has 1 aliphatic carbocycles. The summed E-state index contributed by atoms with van der Waals surface area (Å²) >= 11 is 0. The molecule has 1 aromatic carbocycles. The quantitative estimate of drug-likeness (QED) is 0.846. The SMILES string of the molecule is CC(=O)NNC[C@@H]1CC2c3cccc4c3c(cn4C)C[C@H]2N(C)C1. The lowest BCUT2D eigenvalue weighted by Gasteiger charge is -2.45. The Bertz CT molecular complexity index is 781. The Morgan fingerprint density at radius 1 is 1.33 bits per heavy atom. The summed E-state index contributed by atoms with van der Waals surface area (Å²) in [6.07, 6.45) is 4.62. The van der Waals surface area contributed by atoms with Crippen LogP contribution < -0.4 is 10.9 Å². The van der Waals surface area contributed by atoms with Crippen LogP contribution in [0.15, 0.2) is 24.4 Å². The van der Waals surface area contributed by atoms with Crippen LogP contribution in [-0.4, -0.2) is 41.6 Å². The van der Waals surface area contributed by atoms with E-state index in [4.69, 9.17) is 0 Å². The highest BCUT2D eigenvalue weighted by atomic mass is 16.2. The number of piperidine rings is 1. The molecule has 2 N–H and O–H groups in total. The van der Waals surface area contributed by atoms with Crippen molar-refractivity contribution in [3.8, 4) is 0 Å². The molecule has 1 unspecified atom stereocenters. The van der Waals surface area contributed by atoms with Gasteiger partial charge in [0.2, 0.25) is 5.91 Å². The first-order valence-corrected chi connectivity index (χ1v) is 8.81. The number of nitrogens with one attached hydrogen (secondary N) is 2. The molecule has 1 amide bonds. The van der Waals surface area contributed by atoms with E-state index in [2.05, 4.69) is 58.8 Å². The number of carbonyl (C=O) groups is 1. The van der Waals surface area contributed by atoms with Crippen molar-refractivity contribution < 1.29 is 4.79 Å². The van der Waals surface area contributed by atoms with Crippen LogP contribution in [-0.2, 0) is 18.3 Å². The summed E-state index contributed by atoms with van der Waals surface area (Å²) in [5, 5.41) is 1.48. The molecule has 24 heavy (non-hydrogen) atoms. The standard InChI is InChI=1S/C19H26N4O/c1-12(24)21-20-9-13-7-16-15-5-4-6-17-19(15)14(11-23(17)3)8-18(16)22(2)10-13/h4-6,11,13,16,18,20H,7-10H2,1-3H3,(H,21,24)/t13-,16?,18+/m0/s1. The van der Waals surface area contributed by atoms with Crippen molar-refractivity contribution in [3.63, 3.8) is 0 Å². The third kappa shape index (κ3) is 2.52. The zero-order valence-electron chi connectivity index (χ0n) is 14.7. The highest BCUT2D eigenvalue weighted by molar-refractivity contribution is 5.89. The summed E-state index contributed by atoms with van der Waals surface area (Å²) in [4.78, 5) is 13.6. The smallest absolute Gasteiger partial charge is 0.230 e. The Kier molecular flexibility index (Phi) is 3.85. The van der Waals surface area contributed by atoms with E-state index >= 15 is 0 Å². The summed E-state index contributed by atoms with van der Waals surface area (Å²) in [7, 11) is 4.39. The fourth-order valence-corrected chi connectivity index (χ4v) is 4.80. The molecule has 0 bridgehead atoms. The van der Waals surface area contributed by atoms with Crippen molar-refractivity contribution in [2.45, 2.75) is 31.7 Å². The Balaban J connectivity index is 1.62. The summed E-state index contributed by atoms with van der Waals surface area (Å²) in [5.41, 5.74) is 10.1. The number of likely N-dealkylation sites (tertiary alicyclic amines) is 1. The Morgan fingerprint density at radius 3 is 2.96 bits per heavy atom. The zero-order chi connectivity index (χ0) is 16.8. The van der Waals surface area contributed by atoms with E-state index in [0.29, 0.717) is 17.9 Å². The van der Waals surface area contributed by atoms with Crippen LogP contribution in [0.5, 0.6) is 0 Å². The predicted octanol–water partition coefficient (Wildman–Crippen LogP) is 1.78. The van der Waals surface area contributed by atoms with Gasteiger partial charge in [0.15, 0.2) is 0 Å². The van der Waals surface area contributed by atoms with Crippen LogP contribution in [0, 0.1) is 5.92 Å². The molecule has 1 saturated heterocycles. The Labute approximate surface area is 143 Å². The van der Waals surface area contributed by atoms with E-state index in [-0.39, 0.29) is 5.91 Å². The molecule has 0 spiro atoms. The lowest BCUT2D eigenvalue weighted by Crippen LogP contribution is -2.51. The lowest BCUT2D eigenvalue weighted by atomic mass is 9.72. The number of hydrogen-bond acceptors (Lipinski definition) is 3. The van der Waals surface area contributed by atoms with Gasteiger partial charge in [-0.25, -0.2) is 5.43 Å². The largest absolute Gasteiger partial charge is 0.350 e. The monoisotopic (exact) mass is 326 g/mol. The van der Waals surface area contributed by atoms with E-state index in [1.54, 1.807) is 0 Å². The lowest BCUT2D eigenvalue weighted by molar-refractivity contribution is -0.120. The third-order valence-electron chi connectivity index (χ3n) is 5.77. The van der Waals surface area contributed by atoms with Gasteiger partial charge in [0.1, 0.15) is 0 Å². The topological polar surface area (TPSA) is 49.3 Å². The molecule has 2 aliphatic rings. The van der Waals surface area contributed by atoms with Crippen molar-refractivity contribution in [1.29, 1.82) is 0 Å². The summed E-state index contributed by atoms with van der Waals surface area (Å²) < 4.78 is 2.27. The molecule has 1 fully saturated rings. The first kappa shape index (κ1) is 15.7. The maximum atomic E-state index is 11.1. The van der Waals surface area contributed by atoms with E-state index in [1.165, 1.54) is 35.4 Å². The minimum Gasteiger partial charge on any atom is -0.350 e. The van der Waals surface area contributed by atoms with Gasteiger partial charge in [-0.15, -0.1) is 0 Å². The van der Waals surface area contributed by atoms with Crippen molar-refractivity contribution in [2.24, 2.45) is 13.0 Å². The summed E-state index contributed by atoms with van der Waals surface area (Å²) in [5.74, 6) is 1.09. The molecule has 4 rings (SSSR count). The fraction of sp³-hybridized carbons (Fsp3) is 0.526. The number of benzene rings is 1. The molecular weight excluding hydrogens is 300 g/mol. The van der Waals surface area contributed by atoms with Crippen molar-refractivity contribution in [2.75, 3.05) is 20.1 Å². The second-order valence-electron chi connectivity index (χ2n) is 7.49. The molecule has 1 aliphatic heterocycles. The second-order valence-corrected chi connectivity index (χ2v) is 7.49. The van der Waals surface area contributed by atoms with Gasteiger partial charge in [0.25, 0.3) is 0 Å². The number of nitrogens with zero attached hydrogens (tertiary/aromatic N) is 2. The molecule has 0 radical (unpaired) electrons. The van der Waals surface area contributed by atoms with Crippen molar-refractivity contribution in [3.05, 3.63) is 35.5 Å². The first-order chi connectivity index (χ1) is 11.5. The molecule has 3 atom stereocenters. The Morgan fingerprint density at radius 2 is 2.17 bits per heavy atom. The van der Waals surface area contributed by atoms with Crippen molar-refractivity contribution >= 4 is 16.8 Å². The van der Waals surface area contributed by atoms with Gasteiger partial charge in [-0.1, -0.05) is 12.1 Å². The van der Waals surface area contributed by atoms with E-state index in [9.17, 15) is 4.79 Å². The van der Waals surface area contributed by atoms with Gasteiger partial charge in [-0.2, -0.15) is 0 Å². The average Bonchev–Trinajstić information content (AvgIpc) is 2.86. The fourth-order valence-electron chi connectivity index (χ4n) is 4.80. The predicted molar refractivity (Wildman–Crippen MR) is 95.7 cm³/mol. The van der Waals surface area contributed by atoms with Crippen LogP contribution >= 0.6 is 0 Å². The number of likely N-dealkylation sites (N-methyl/N-ethyl adjacent to an activating group) is 1. The normalized spacial score (nSPS) is 26.4. The van der Waals surface area contributed by atoms with Crippen LogP contribution in [0.4, 0.5) is 0 Å². The molecule has 128 valence electrons. The minimum atomic E-state index is -0.0339. The summed E-state index contributed by atoms with van der Waals surface area (Å²) in [6.45, 7) is 3.44. The van der Waals surface area contributed by atoms with Crippen LogP contribution in [0.3, 0.4) is 0 Å². The average molecular weight is 326 g/mol. The van der Waals surface area contributed by atoms with Gasteiger partial charge in [-0.3, -0.25) is 10.2 Å². The number of aryl methyl sites for hydroxylation is 1. The number of hydrazine groups is 1. The first-order valence-electron chi connectivity index (χ1n) is 8.81. The highest BCUT2D eigenvalue weighted by Gasteiger charge is 2.39. The van der Waals surface area contributed by atoms with Gasteiger partial charge >= 0.3 is 0 Å². The molecule has 0 saturated carbocycles. The number of hydrogen-bond donors (Lipinski definition) is 2. The number of carbonyl (C=O) groups excluding carboxylic acids is 1. The van der Waals surface area contributed by atoms with E-state index in [1.807, 2.05) is 0 Å². The number of amides is 1. The van der Waals surface area contributed by atoms with Crippen molar-refractivity contribution in [1.82, 2.24) is 20.3 Å². The minimum absolute atomic E-state index is 0.0339. The number of fused-ring (bicyclic) bond motifs is 2. The maximum absolute atomic E-state index is 11.1. The van der Waals surface area contributed by atoms with Crippen LogP contribution in [0.1, 0.15) is 30.4 Å². The number of aromatic nitrogens is 1. The second kappa shape index (κ2) is 5.90. The number of rotatable bonds is 3. The van der Waals surface area contributed by atoms with Gasteiger partial charge in [0, 0.05) is 56.1 Å². The molecule has 5 nitrogen and oxygen atoms in total. The Hall–Kier alpha value is -1.85. The molecular formula is C19H26N4O. The molecule has 2 heterocycles. The van der Waals surface area contributed by atoms with Gasteiger partial charge < -0.3 is 9.47 Å². The summed E-state index contributed by atoms with van der Waals surface area (Å²) in [6, 6.07) is 7.33. The maximum Gasteiger partial charge on any atom is 0.230 e. The highest BCUT2D eigenvalue weighted by Crippen LogP contribution is 2.44. The molecule has 1 aromatic heterocycles. The van der Waals surface area contributed by atoms with Gasteiger partial charge in [0.05, 0.1) is 0 Å². The van der Waals surface area contributed by atoms with Crippen LogP contribution in [0.25, 0.3) is 10.9 Å². The zero-order valence-corrected chi connectivity index (χ0v) is 14.7. The van der Waals surface area contributed by atoms with E-state index < -0.39 is 0 Å².